The highest BCUT2D eigenvalue weighted by atomic mass is 32.2. The molecule has 3 nitrogen and oxygen atoms in total. The number of hydrogen-bond acceptors (Lipinski definition) is 5. The molecule has 0 amide bonds. The smallest absolute Gasteiger partial charge is 0.202 e. The summed E-state index contributed by atoms with van der Waals surface area (Å²) in [6, 6.07) is 0. The topological polar surface area (TPSA) is 37.8 Å². The summed E-state index contributed by atoms with van der Waals surface area (Å²) in [7, 11) is 0. The van der Waals surface area contributed by atoms with Crippen LogP contribution in [0.1, 0.15) is 25.1 Å². The van der Waals surface area contributed by atoms with E-state index >= 15 is 0 Å². The van der Waals surface area contributed by atoms with Gasteiger partial charge < -0.3 is 5.32 Å². The Morgan fingerprint density at radius 3 is 2.86 bits per heavy atom. The van der Waals surface area contributed by atoms with Gasteiger partial charge in [-0.05, 0) is 31.8 Å². The Morgan fingerprint density at radius 2 is 2.21 bits per heavy atom. The minimum atomic E-state index is 0.861. The quantitative estimate of drug-likeness (QED) is 0.732. The van der Waals surface area contributed by atoms with Gasteiger partial charge in [-0.15, -0.1) is 0 Å². The highest BCUT2D eigenvalue weighted by molar-refractivity contribution is 7.98. The summed E-state index contributed by atoms with van der Waals surface area (Å²) in [5.74, 6) is 2.14. The lowest BCUT2D eigenvalue weighted by Crippen LogP contribution is -2.01. The van der Waals surface area contributed by atoms with Gasteiger partial charge in [-0.2, -0.15) is 16.1 Å². The highest BCUT2D eigenvalue weighted by Gasteiger charge is 1.97. The van der Waals surface area contributed by atoms with Crippen molar-refractivity contribution in [2.75, 3.05) is 23.9 Å². The molecule has 1 rings (SSSR count). The van der Waals surface area contributed by atoms with Crippen molar-refractivity contribution in [3.8, 4) is 0 Å². The van der Waals surface area contributed by atoms with Gasteiger partial charge in [0.25, 0.3) is 0 Å². The van der Waals surface area contributed by atoms with Crippen LogP contribution in [-0.2, 0) is 0 Å². The van der Waals surface area contributed by atoms with Gasteiger partial charge in [-0.25, -0.2) is 4.98 Å². The molecular weight excluding hydrogens is 214 g/mol. The number of unbranched alkanes of at least 4 members (excludes halogenated alkanes) is 2. The van der Waals surface area contributed by atoms with Crippen LogP contribution in [0.15, 0.2) is 0 Å². The van der Waals surface area contributed by atoms with Crippen LogP contribution in [0.4, 0.5) is 5.13 Å². The largest absolute Gasteiger partial charge is 0.360 e. The zero-order valence-corrected chi connectivity index (χ0v) is 10.4. The molecule has 0 aliphatic heterocycles. The van der Waals surface area contributed by atoms with Gasteiger partial charge in [-0.3, -0.25) is 0 Å². The Kier molecular flexibility index (Phi) is 5.94. The first-order valence-electron chi connectivity index (χ1n) is 4.86. The molecule has 1 aromatic heterocycles. The molecule has 0 saturated heterocycles. The third-order valence-corrected chi connectivity index (χ3v) is 3.29. The van der Waals surface area contributed by atoms with E-state index < -0.39 is 0 Å². The van der Waals surface area contributed by atoms with Crippen LogP contribution < -0.4 is 5.32 Å². The molecule has 5 heteroatoms. The number of anilines is 1. The maximum Gasteiger partial charge on any atom is 0.202 e. The van der Waals surface area contributed by atoms with Crippen molar-refractivity contribution in [1.29, 1.82) is 0 Å². The average molecular weight is 231 g/mol. The van der Waals surface area contributed by atoms with Crippen LogP contribution >= 0.6 is 23.3 Å². The first-order chi connectivity index (χ1) is 6.83. The lowest BCUT2D eigenvalue weighted by atomic mass is 10.2. The molecule has 1 heterocycles. The van der Waals surface area contributed by atoms with Crippen molar-refractivity contribution >= 4 is 28.4 Å². The van der Waals surface area contributed by atoms with E-state index in [1.54, 1.807) is 0 Å². The molecule has 0 fully saturated rings. The SMILES string of the molecule is CSCCCCCNc1nc(C)ns1. The maximum absolute atomic E-state index is 4.24. The molecule has 14 heavy (non-hydrogen) atoms. The molecule has 80 valence electrons. The summed E-state index contributed by atoms with van der Waals surface area (Å²) in [5.41, 5.74) is 0. The number of rotatable bonds is 7. The molecule has 0 bridgehead atoms. The normalized spacial score (nSPS) is 10.4. The predicted octanol–water partition coefficient (Wildman–Crippen LogP) is 2.79. The first kappa shape index (κ1) is 11.8. The molecule has 1 N–H and O–H groups in total. The first-order valence-corrected chi connectivity index (χ1v) is 7.03. The van der Waals surface area contributed by atoms with E-state index in [2.05, 4.69) is 20.9 Å². The maximum atomic E-state index is 4.24. The van der Waals surface area contributed by atoms with Gasteiger partial charge in [0.15, 0.2) is 0 Å². The van der Waals surface area contributed by atoms with Gasteiger partial charge in [-0.1, -0.05) is 6.42 Å². The number of aromatic nitrogens is 2. The van der Waals surface area contributed by atoms with Crippen LogP contribution in [0, 0.1) is 6.92 Å². The molecule has 0 unspecified atom stereocenters. The fourth-order valence-corrected chi connectivity index (χ4v) is 2.20. The summed E-state index contributed by atoms with van der Waals surface area (Å²) in [6.45, 7) is 2.93. The fourth-order valence-electron chi connectivity index (χ4n) is 1.11. The third kappa shape index (κ3) is 4.81. The zero-order valence-electron chi connectivity index (χ0n) is 8.75. The Hall–Kier alpha value is -0.290. The van der Waals surface area contributed by atoms with Crippen molar-refractivity contribution in [2.24, 2.45) is 0 Å². The average Bonchev–Trinajstić information content (AvgIpc) is 2.58. The summed E-state index contributed by atoms with van der Waals surface area (Å²) < 4.78 is 4.11. The van der Waals surface area contributed by atoms with Crippen LogP contribution in [0.3, 0.4) is 0 Å². The minimum Gasteiger partial charge on any atom is -0.360 e. The van der Waals surface area contributed by atoms with E-state index in [4.69, 9.17) is 0 Å². The van der Waals surface area contributed by atoms with Crippen molar-refractivity contribution < 1.29 is 0 Å². The molecule has 0 aromatic carbocycles. The molecule has 0 aliphatic carbocycles. The molecule has 0 spiro atoms. The molecule has 1 aromatic rings. The van der Waals surface area contributed by atoms with Crippen LogP contribution in [0.25, 0.3) is 0 Å². The van der Waals surface area contributed by atoms with Crippen LogP contribution in [0.5, 0.6) is 0 Å². The van der Waals surface area contributed by atoms with E-state index in [1.807, 2.05) is 18.7 Å². The van der Waals surface area contributed by atoms with Gasteiger partial charge in [0, 0.05) is 18.1 Å². The summed E-state index contributed by atoms with van der Waals surface area (Å²) in [6.07, 6.45) is 5.99. The second kappa shape index (κ2) is 7.06. The van der Waals surface area contributed by atoms with Crippen molar-refractivity contribution in [3.05, 3.63) is 5.82 Å². The molecule has 0 atom stereocenters. The fraction of sp³-hybridized carbons (Fsp3) is 0.778. The van der Waals surface area contributed by atoms with E-state index in [1.165, 1.54) is 36.5 Å². The minimum absolute atomic E-state index is 0.861. The Bertz CT molecular complexity index is 250. The molecular formula is C9H17N3S2. The van der Waals surface area contributed by atoms with Crippen molar-refractivity contribution in [1.82, 2.24) is 9.36 Å². The zero-order chi connectivity index (χ0) is 10.2. The Balaban J connectivity index is 1.99. The summed E-state index contributed by atoms with van der Waals surface area (Å²) in [5, 5.41) is 4.23. The van der Waals surface area contributed by atoms with Gasteiger partial charge in [0.05, 0.1) is 0 Å². The van der Waals surface area contributed by atoms with E-state index in [0.717, 1.165) is 17.5 Å². The van der Waals surface area contributed by atoms with E-state index in [0.29, 0.717) is 0 Å². The molecule has 0 radical (unpaired) electrons. The lowest BCUT2D eigenvalue weighted by Gasteiger charge is -2.01. The van der Waals surface area contributed by atoms with Gasteiger partial charge in [0.2, 0.25) is 5.13 Å². The number of hydrogen-bond donors (Lipinski definition) is 1. The van der Waals surface area contributed by atoms with Gasteiger partial charge >= 0.3 is 0 Å². The number of thioether (sulfide) groups is 1. The lowest BCUT2D eigenvalue weighted by molar-refractivity contribution is 0.749. The highest BCUT2D eigenvalue weighted by Crippen LogP contribution is 2.10. The van der Waals surface area contributed by atoms with Crippen LogP contribution in [0.2, 0.25) is 0 Å². The van der Waals surface area contributed by atoms with Crippen molar-refractivity contribution in [3.63, 3.8) is 0 Å². The monoisotopic (exact) mass is 231 g/mol. The second-order valence-corrected chi connectivity index (χ2v) is 4.86. The van der Waals surface area contributed by atoms with Crippen LogP contribution in [-0.4, -0.2) is 27.9 Å². The molecule has 0 aliphatic rings. The summed E-state index contributed by atoms with van der Waals surface area (Å²) >= 11 is 3.36. The van der Waals surface area contributed by atoms with E-state index in [-0.39, 0.29) is 0 Å². The number of nitrogens with one attached hydrogen (secondary N) is 1. The van der Waals surface area contributed by atoms with Gasteiger partial charge in [0.1, 0.15) is 5.82 Å². The third-order valence-electron chi connectivity index (χ3n) is 1.83. The standard InChI is InChI=1S/C9H17N3S2/c1-8-11-9(14-12-8)10-6-4-3-5-7-13-2/h3-7H2,1-2H3,(H,10,11,12). The van der Waals surface area contributed by atoms with E-state index in [9.17, 15) is 0 Å². The summed E-state index contributed by atoms with van der Waals surface area (Å²) in [4.78, 5) is 4.24. The second-order valence-electron chi connectivity index (χ2n) is 3.13. The van der Waals surface area contributed by atoms with Crippen molar-refractivity contribution in [2.45, 2.75) is 26.2 Å². The Morgan fingerprint density at radius 1 is 1.36 bits per heavy atom. The Labute approximate surface area is 93.9 Å². The number of aryl methyl sites for hydroxylation is 1. The molecule has 0 saturated carbocycles. The number of nitrogens with zero attached hydrogens (tertiary/aromatic N) is 2. The predicted molar refractivity (Wildman–Crippen MR) is 65.4 cm³/mol.